The van der Waals surface area contributed by atoms with Gasteiger partial charge in [0.25, 0.3) is 0 Å². The highest BCUT2D eigenvalue weighted by Gasteiger charge is 2.25. The Morgan fingerprint density at radius 3 is 2.96 bits per heavy atom. The minimum absolute atomic E-state index is 0.0503. The van der Waals surface area contributed by atoms with Crippen LogP contribution in [0.1, 0.15) is 49.0 Å². The van der Waals surface area contributed by atoms with Crippen LogP contribution >= 0.6 is 0 Å². The number of halogens is 1. The topological polar surface area (TPSA) is 48.3 Å². The number of benzene rings is 1. The smallest absolute Gasteiger partial charge is 0.216 e. The maximum absolute atomic E-state index is 13.9. The summed E-state index contributed by atoms with van der Waals surface area (Å²) in [5.74, 6) is 1.12. The van der Waals surface area contributed by atoms with E-state index >= 15 is 0 Å². The summed E-state index contributed by atoms with van der Waals surface area (Å²) in [6.07, 6.45) is 0.802. The summed E-state index contributed by atoms with van der Waals surface area (Å²) >= 11 is 0. The van der Waals surface area contributed by atoms with Gasteiger partial charge in [-0.2, -0.15) is 5.10 Å². The molecule has 0 bridgehead atoms. The van der Waals surface area contributed by atoms with Crippen molar-refractivity contribution in [3.05, 3.63) is 40.8 Å². The Kier molecular flexibility index (Phi) is 4.76. The Labute approximate surface area is 141 Å². The van der Waals surface area contributed by atoms with Gasteiger partial charge in [-0.1, -0.05) is 26.0 Å². The number of fused-ring (bicyclic) bond motifs is 1. The lowest BCUT2D eigenvalue weighted by molar-refractivity contribution is 0.240. The molecule has 0 amide bonds. The summed E-state index contributed by atoms with van der Waals surface area (Å²) in [5.41, 5.74) is 2.95. The van der Waals surface area contributed by atoms with Gasteiger partial charge >= 0.3 is 0 Å². The predicted molar refractivity (Wildman–Crippen MR) is 89.9 cm³/mol. The van der Waals surface area contributed by atoms with Crippen molar-refractivity contribution in [2.24, 2.45) is 7.05 Å². The summed E-state index contributed by atoms with van der Waals surface area (Å²) in [6.45, 7) is 5.35. The quantitative estimate of drug-likeness (QED) is 0.912. The van der Waals surface area contributed by atoms with Crippen molar-refractivity contribution in [3.8, 4) is 11.6 Å². The molecule has 5 nitrogen and oxygen atoms in total. The van der Waals surface area contributed by atoms with Crippen LogP contribution < -0.4 is 14.8 Å². The van der Waals surface area contributed by atoms with Crippen LogP contribution in [-0.4, -0.2) is 23.5 Å². The molecule has 3 rings (SSSR count). The number of methoxy groups -OCH3 is 1. The minimum Gasteiger partial charge on any atom is -0.490 e. The molecule has 2 aromatic rings. The average molecular weight is 333 g/mol. The van der Waals surface area contributed by atoms with E-state index in [1.165, 1.54) is 6.07 Å². The van der Waals surface area contributed by atoms with Crippen LogP contribution in [-0.2, 0) is 13.6 Å². The zero-order valence-electron chi connectivity index (χ0n) is 14.6. The van der Waals surface area contributed by atoms with Gasteiger partial charge in [0.2, 0.25) is 5.88 Å². The van der Waals surface area contributed by atoms with Crippen molar-refractivity contribution >= 4 is 0 Å². The van der Waals surface area contributed by atoms with Crippen molar-refractivity contribution in [1.82, 2.24) is 15.1 Å². The van der Waals surface area contributed by atoms with Gasteiger partial charge in [0.1, 0.15) is 0 Å². The average Bonchev–Trinajstić information content (AvgIpc) is 2.89. The monoisotopic (exact) mass is 333 g/mol. The lowest BCUT2D eigenvalue weighted by Crippen LogP contribution is -2.27. The van der Waals surface area contributed by atoms with E-state index in [2.05, 4.69) is 24.3 Å². The predicted octanol–water partition coefficient (Wildman–Crippen LogP) is 3.30. The number of nitrogens with zero attached hydrogens (tertiary/aromatic N) is 2. The molecule has 1 aromatic heterocycles. The Bertz CT molecular complexity index is 727. The number of nitrogens with one attached hydrogen (secondary N) is 1. The van der Waals surface area contributed by atoms with Crippen LogP contribution in [0.2, 0.25) is 0 Å². The number of aryl methyl sites for hydroxylation is 1. The molecule has 0 radical (unpaired) electrons. The highest BCUT2D eigenvalue weighted by molar-refractivity contribution is 5.39. The van der Waals surface area contributed by atoms with E-state index in [1.54, 1.807) is 17.9 Å². The molecule has 6 heteroatoms. The Morgan fingerprint density at radius 1 is 1.46 bits per heavy atom. The highest BCUT2D eigenvalue weighted by Crippen LogP contribution is 2.35. The SMILES string of the molecule is COc1c(CN[C@@H]2CCOc3c(F)cccc32)c(C(C)C)nn1C. The largest absolute Gasteiger partial charge is 0.490 e. The summed E-state index contributed by atoms with van der Waals surface area (Å²) in [6, 6.07) is 5.12. The van der Waals surface area contributed by atoms with Crippen LogP contribution in [0.5, 0.6) is 11.6 Å². The van der Waals surface area contributed by atoms with E-state index in [9.17, 15) is 4.39 Å². The van der Waals surface area contributed by atoms with Crippen molar-refractivity contribution < 1.29 is 13.9 Å². The van der Waals surface area contributed by atoms with E-state index in [1.807, 2.05) is 13.1 Å². The fourth-order valence-electron chi connectivity index (χ4n) is 3.28. The lowest BCUT2D eigenvalue weighted by Gasteiger charge is -2.27. The number of hydrogen-bond acceptors (Lipinski definition) is 4. The minimum atomic E-state index is -0.305. The van der Waals surface area contributed by atoms with E-state index in [0.29, 0.717) is 24.8 Å². The molecule has 1 aliphatic heterocycles. The first-order valence-corrected chi connectivity index (χ1v) is 8.27. The summed E-state index contributed by atoms with van der Waals surface area (Å²) in [5, 5.41) is 8.09. The molecule has 0 aliphatic carbocycles. The van der Waals surface area contributed by atoms with Gasteiger partial charge in [-0.05, 0) is 12.0 Å². The van der Waals surface area contributed by atoms with Crippen molar-refractivity contribution in [3.63, 3.8) is 0 Å². The molecule has 24 heavy (non-hydrogen) atoms. The van der Waals surface area contributed by atoms with Crippen molar-refractivity contribution in [2.45, 2.75) is 38.8 Å². The molecule has 1 N–H and O–H groups in total. The third-order valence-corrected chi connectivity index (χ3v) is 4.41. The molecule has 0 unspecified atom stereocenters. The Morgan fingerprint density at radius 2 is 2.25 bits per heavy atom. The van der Waals surface area contributed by atoms with Crippen LogP contribution in [0.4, 0.5) is 4.39 Å². The Balaban J connectivity index is 1.84. The second-order valence-corrected chi connectivity index (χ2v) is 6.38. The first kappa shape index (κ1) is 16.8. The van der Waals surface area contributed by atoms with E-state index < -0.39 is 0 Å². The van der Waals surface area contributed by atoms with Gasteiger partial charge in [-0.15, -0.1) is 0 Å². The maximum Gasteiger partial charge on any atom is 0.216 e. The van der Waals surface area contributed by atoms with Crippen LogP contribution in [0, 0.1) is 5.82 Å². The van der Waals surface area contributed by atoms with Gasteiger partial charge in [-0.25, -0.2) is 9.07 Å². The summed E-state index contributed by atoms with van der Waals surface area (Å²) < 4.78 is 26.7. The molecule has 0 saturated carbocycles. The third kappa shape index (κ3) is 2.98. The van der Waals surface area contributed by atoms with Gasteiger partial charge in [0, 0.05) is 31.6 Å². The number of rotatable bonds is 5. The summed E-state index contributed by atoms with van der Waals surface area (Å²) in [7, 11) is 3.54. The van der Waals surface area contributed by atoms with Gasteiger partial charge in [-0.3, -0.25) is 0 Å². The second kappa shape index (κ2) is 6.81. The second-order valence-electron chi connectivity index (χ2n) is 6.38. The maximum atomic E-state index is 13.9. The van der Waals surface area contributed by atoms with Gasteiger partial charge in [0.15, 0.2) is 11.6 Å². The fourth-order valence-corrected chi connectivity index (χ4v) is 3.28. The van der Waals surface area contributed by atoms with Crippen molar-refractivity contribution in [1.29, 1.82) is 0 Å². The zero-order valence-corrected chi connectivity index (χ0v) is 14.6. The van der Waals surface area contributed by atoms with Crippen molar-refractivity contribution in [2.75, 3.05) is 13.7 Å². The number of ether oxygens (including phenoxy) is 2. The first-order valence-electron chi connectivity index (χ1n) is 8.27. The molecule has 2 heterocycles. The number of aromatic nitrogens is 2. The molecule has 130 valence electrons. The molecule has 1 aromatic carbocycles. The first-order chi connectivity index (χ1) is 11.5. The molecule has 0 fully saturated rings. The van der Waals surface area contributed by atoms with Gasteiger partial charge in [0.05, 0.1) is 25.0 Å². The fraction of sp³-hybridized carbons (Fsp3) is 0.500. The lowest BCUT2D eigenvalue weighted by atomic mass is 9.99. The zero-order chi connectivity index (χ0) is 17.3. The van der Waals surface area contributed by atoms with E-state index in [4.69, 9.17) is 9.47 Å². The summed E-state index contributed by atoms with van der Waals surface area (Å²) in [4.78, 5) is 0. The van der Waals surface area contributed by atoms with E-state index in [-0.39, 0.29) is 11.9 Å². The van der Waals surface area contributed by atoms with Crippen LogP contribution in [0.15, 0.2) is 18.2 Å². The normalized spacial score (nSPS) is 16.8. The molecule has 1 atom stereocenters. The van der Waals surface area contributed by atoms with Crippen LogP contribution in [0.3, 0.4) is 0 Å². The molecular weight excluding hydrogens is 309 g/mol. The highest BCUT2D eigenvalue weighted by atomic mass is 19.1. The third-order valence-electron chi connectivity index (χ3n) is 4.41. The molecule has 1 aliphatic rings. The standard InChI is InChI=1S/C18H24FN3O2/c1-11(2)16-13(18(23-4)22(3)21-16)10-20-15-8-9-24-17-12(15)6-5-7-14(17)19/h5-7,11,15,20H,8-10H2,1-4H3/t15-/m1/s1. The number of para-hydroxylation sites is 1. The molecular formula is C18H24FN3O2. The molecule has 0 saturated heterocycles. The Hall–Kier alpha value is -2.08. The van der Waals surface area contributed by atoms with Gasteiger partial charge < -0.3 is 14.8 Å². The molecule has 0 spiro atoms. The number of hydrogen-bond donors (Lipinski definition) is 1. The van der Waals surface area contributed by atoms with E-state index in [0.717, 1.165) is 29.1 Å². The van der Waals surface area contributed by atoms with Crippen LogP contribution in [0.25, 0.3) is 0 Å².